The molecule has 25 heavy (non-hydrogen) atoms. The van der Waals surface area contributed by atoms with E-state index in [-0.39, 0.29) is 0 Å². The first-order valence-electron chi connectivity index (χ1n) is 8.63. The van der Waals surface area contributed by atoms with Gasteiger partial charge in [0.25, 0.3) is 0 Å². The molecule has 6 heteroatoms. The van der Waals surface area contributed by atoms with Gasteiger partial charge in [-0.1, -0.05) is 24.6 Å². The normalized spacial score (nSPS) is 18.5. The molecule has 3 rings (SSSR count). The molecule has 1 aliphatic heterocycles. The lowest BCUT2D eigenvalue weighted by molar-refractivity contribution is 0.286. The Bertz CT molecular complexity index is 761. The summed E-state index contributed by atoms with van der Waals surface area (Å²) in [4.78, 5) is 15.5. The molecule has 3 heterocycles. The van der Waals surface area contributed by atoms with Gasteiger partial charge in [-0.05, 0) is 49.9 Å². The third kappa shape index (κ3) is 4.34. The Hall–Kier alpha value is -2.01. The first kappa shape index (κ1) is 17.8. The van der Waals surface area contributed by atoms with E-state index in [0.717, 1.165) is 42.0 Å². The summed E-state index contributed by atoms with van der Waals surface area (Å²) in [6.45, 7) is 5.28. The van der Waals surface area contributed by atoms with Crippen LogP contribution in [-0.2, 0) is 0 Å². The van der Waals surface area contributed by atoms with Crippen LogP contribution in [0.5, 0.6) is 0 Å². The summed E-state index contributed by atoms with van der Waals surface area (Å²) in [6, 6.07) is 7.60. The number of hydrogen-bond acceptors (Lipinski definition) is 4. The van der Waals surface area contributed by atoms with E-state index in [1.165, 1.54) is 0 Å². The third-order valence-corrected chi connectivity index (χ3v) is 4.59. The number of piperidine rings is 1. The lowest BCUT2D eigenvalue weighted by Crippen LogP contribution is -2.36. The highest BCUT2D eigenvalue weighted by Crippen LogP contribution is 2.22. The smallest absolute Gasteiger partial charge is 0.156 e. The Morgan fingerprint density at radius 2 is 2.20 bits per heavy atom. The zero-order chi connectivity index (χ0) is 17.8. The molecule has 0 N–H and O–H groups in total. The van der Waals surface area contributed by atoms with Crippen LogP contribution in [0.1, 0.15) is 37.3 Å². The molecule has 1 fully saturated rings. The summed E-state index contributed by atoms with van der Waals surface area (Å²) < 4.78 is 13.6. The minimum atomic E-state index is -0.764. The predicted molar refractivity (Wildman–Crippen MR) is 101 cm³/mol. The maximum absolute atomic E-state index is 13.6. The van der Waals surface area contributed by atoms with Crippen LogP contribution in [0.2, 0.25) is 5.15 Å². The van der Waals surface area contributed by atoms with Gasteiger partial charge in [0.1, 0.15) is 17.1 Å². The van der Waals surface area contributed by atoms with Gasteiger partial charge in [-0.15, -0.1) is 0 Å². The molecule has 1 aliphatic rings. The number of pyridine rings is 2. The van der Waals surface area contributed by atoms with Crippen LogP contribution in [0.3, 0.4) is 0 Å². The first-order chi connectivity index (χ1) is 12.1. The van der Waals surface area contributed by atoms with Gasteiger partial charge in [0, 0.05) is 18.3 Å². The third-order valence-electron chi connectivity index (χ3n) is 4.38. The van der Waals surface area contributed by atoms with Crippen molar-refractivity contribution < 1.29 is 4.39 Å². The number of alkyl halides is 1. The maximum atomic E-state index is 13.6. The number of anilines is 1. The van der Waals surface area contributed by atoms with Crippen LogP contribution in [0.4, 0.5) is 16.0 Å². The minimum Gasteiger partial charge on any atom is -0.354 e. The second kappa shape index (κ2) is 7.91. The second-order valence-electron chi connectivity index (χ2n) is 6.28. The van der Waals surface area contributed by atoms with E-state index in [0.29, 0.717) is 23.9 Å². The van der Waals surface area contributed by atoms with E-state index in [2.05, 4.69) is 15.0 Å². The Morgan fingerprint density at radius 1 is 1.36 bits per heavy atom. The van der Waals surface area contributed by atoms with Gasteiger partial charge in [-0.3, -0.25) is 0 Å². The standard InChI is InChI=1S/C19H22ClFN4/c1-3-16(23-19-13(2)6-8-17(20)24-19)14-7-9-18(22-11-14)25-10-4-5-15(21)12-25/h6-9,11,15H,3-5,10,12H2,1-2H3/b23-16+. The number of hydrogen-bond donors (Lipinski definition) is 0. The quantitative estimate of drug-likeness (QED) is 0.574. The lowest BCUT2D eigenvalue weighted by atomic mass is 10.1. The van der Waals surface area contributed by atoms with Crippen LogP contribution >= 0.6 is 11.6 Å². The summed E-state index contributed by atoms with van der Waals surface area (Å²) in [7, 11) is 0. The number of nitrogens with zero attached hydrogens (tertiary/aromatic N) is 4. The number of aryl methyl sites for hydroxylation is 1. The van der Waals surface area contributed by atoms with Gasteiger partial charge in [-0.25, -0.2) is 19.4 Å². The molecule has 0 amide bonds. The van der Waals surface area contributed by atoms with Gasteiger partial charge >= 0.3 is 0 Å². The van der Waals surface area contributed by atoms with Gasteiger partial charge in [0.2, 0.25) is 0 Å². The fraction of sp³-hybridized carbons (Fsp3) is 0.421. The molecule has 0 aliphatic carbocycles. The predicted octanol–water partition coefficient (Wildman–Crippen LogP) is 4.91. The molecule has 2 aromatic rings. The minimum absolute atomic E-state index is 0.423. The van der Waals surface area contributed by atoms with E-state index in [4.69, 9.17) is 11.6 Å². The fourth-order valence-corrected chi connectivity index (χ4v) is 3.10. The molecule has 132 valence electrons. The SMILES string of the molecule is CC/C(=N\c1nc(Cl)ccc1C)c1ccc(N2CCCC(F)C2)nc1. The Morgan fingerprint density at radius 3 is 2.88 bits per heavy atom. The van der Waals surface area contributed by atoms with Crippen LogP contribution in [0, 0.1) is 6.92 Å². The molecule has 1 atom stereocenters. The molecule has 0 bridgehead atoms. The summed E-state index contributed by atoms with van der Waals surface area (Å²) >= 11 is 5.98. The van der Waals surface area contributed by atoms with Crippen LogP contribution in [-0.4, -0.2) is 34.9 Å². The first-order valence-corrected chi connectivity index (χ1v) is 9.00. The van der Waals surface area contributed by atoms with E-state index in [9.17, 15) is 4.39 Å². The summed E-state index contributed by atoms with van der Waals surface area (Å²) in [5.74, 6) is 1.45. The number of halogens is 2. The summed E-state index contributed by atoms with van der Waals surface area (Å²) in [5.41, 5.74) is 2.82. The highest BCUT2D eigenvalue weighted by molar-refractivity contribution is 6.29. The van der Waals surface area contributed by atoms with Crippen LogP contribution < -0.4 is 4.90 Å². The van der Waals surface area contributed by atoms with E-state index < -0.39 is 6.17 Å². The Balaban J connectivity index is 1.84. The van der Waals surface area contributed by atoms with Crippen molar-refractivity contribution in [2.75, 3.05) is 18.0 Å². The molecule has 1 unspecified atom stereocenters. The molecule has 0 aromatic carbocycles. The monoisotopic (exact) mass is 360 g/mol. The zero-order valence-electron chi connectivity index (χ0n) is 14.5. The molecule has 0 spiro atoms. The van der Waals surface area contributed by atoms with Gasteiger partial charge in [0.05, 0.1) is 12.3 Å². The van der Waals surface area contributed by atoms with Crippen molar-refractivity contribution in [2.45, 2.75) is 39.3 Å². The van der Waals surface area contributed by atoms with Crippen molar-refractivity contribution in [3.8, 4) is 0 Å². The zero-order valence-corrected chi connectivity index (χ0v) is 15.3. The second-order valence-corrected chi connectivity index (χ2v) is 6.66. The lowest BCUT2D eigenvalue weighted by Gasteiger charge is -2.30. The van der Waals surface area contributed by atoms with Crippen LogP contribution in [0.25, 0.3) is 0 Å². The number of aromatic nitrogens is 2. The summed E-state index contributed by atoms with van der Waals surface area (Å²) in [6.07, 6.45) is 3.31. The summed E-state index contributed by atoms with van der Waals surface area (Å²) in [5, 5.41) is 0.430. The molecular formula is C19H22ClFN4. The number of aliphatic imine (C=N–C) groups is 1. The van der Waals surface area contributed by atoms with Gasteiger partial charge < -0.3 is 4.90 Å². The van der Waals surface area contributed by atoms with Crippen molar-refractivity contribution >= 4 is 28.9 Å². The molecule has 1 saturated heterocycles. The average Bonchev–Trinajstić information content (AvgIpc) is 2.62. The molecule has 4 nitrogen and oxygen atoms in total. The largest absolute Gasteiger partial charge is 0.354 e. The molecular weight excluding hydrogens is 339 g/mol. The van der Waals surface area contributed by atoms with E-state index in [1.807, 2.05) is 36.9 Å². The van der Waals surface area contributed by atoms with Crippen molar-refractivity contribution in [2.24, 2.45) is 4.99 Å². The maximum Gasteiger partial charge on any atom is 0.156 e. The van der Waals surface area contributed by atoms with E-state index >= 15 is 0 Å². The average molecular weight is 361 g/mol. The van der Waals surface area contributed by atoms with Crippen molar-refractivity contribution in [1.29, 1.82) is 0 Å². The van der Waals surface area contributed by atoms with Crippen LogP contribution in [0.15, 0.2) is 35.5 Å². The van der Waals surface area contributed by atoms with Gasteiger partial charge in [0.15, 0.2) is 5.82 Å². The van der Waals surface area contributed by atoms with Gasteiger partial charge in [-0.2, -0.15) is 0 Å². The van der Waals surface area contributed by atoms with Crippen molar-refractivity contribution in [3.05, 3.63) is 46.7 Å². The molecule has 0 radical (unpaired) electrons. The molecule has 0 saturated carbocycles. The van der Waals surface area contributed by atoms with Crippen molar-refractivity contribution in [3.63, 3.8) is 0 Å². The highest BCUT2D eigenvalue weighted by Gasteiger charge is 2.20. The number of rotatable bonds is 4. The Kier molecular flexibility index (Phi) is 5.63. The fourth-order valence-electron chi connectivity index (χ4n) is 2.96. The molecule has 2 aromatic heterocycles. The topological polar surface area (TPSA) is 41.4 Å². The highest BCUT2D eigenvalue weighted by atomic mass is 35.5. The Labute approximate surface area is 152 Å². The van der Waals surface area contributed by atoms with E-state index in [1.54, 1.807) is 12.3 Å². The van der Waals surface area contributed by atoms with Crippen molar-refractivity contribution in [1.82, 2.24) is 9.97 Å².